The summed E-state index contributed by atoms with van der Waals surface area (Å²) in [4.78, 5) is 23.3. The lowest BCUT2D eigenvalue weighted by Crippen LogP contribution is -2.08. The van der Waals surface area contributed by atoms with Crippen LogP contribution in [0.3, 0.4) is 0 Å². The van der Waals surface area contributed by atoms with Gasteiger partial charge in [-0.3, -0.25) is 4.79 Å². The minimum absolute atomic E-state index is 0.291. The van der Waals surface area contributed by atoms with E-state index in [0.29, 0.717) is 17.7 Å². The summed E-state index contributed by atoms with van der Waals surface area (Å²) < 4.78 is 6.95. The summed E-state index contributed by atoms with van der Waals surface area (Å²) in [5, 5.41) is 2.94. The zero-order valence-corrected chi connectivity index (χ0v) is 11.9. The van der Waals surface area contributed by atoms with Gasteiger partial charge in [-0.15, -0.1) is 11.3 Å². The highest BCUT2D eigenvalue weighted by atomic mass is 32.1. The van der Waals surface area contributed by atoms with E-state index >= 15 is 0 Å². The maximum Gasteiger partial charge on any atom is 0.340 e. The van der Waals surface area contributed by atoms with Crippen molar-refractivity contribution < 1.29 is 14.3 Å². The molecule has 0 aromatic carbocycles. The van der Waals surface area contributed by atoms with E-state index in [1.165, 1.54) is 0 Å². The third-order valence-corrected chi connectivity index (χ3v) is 3.87. The van der Waals surface area contributed by atoms with Gasteiger partial charge in [-0.1, -0.05) is 0 Å². The van der Waals surface area contributed by atoms with Crippen LogP contribution in [-0.2, 0) is 4.74 Å². The number of thiophene rings is 1. The predicted molar refractivity (Wildman–Crippen MR) is 74.5 cm³/mol. The van der Waals surface area contributed by atoms with Crippen molar-refractivity contribution in [3.05, 3.63) is 40.0 Å². The van der Waals surface area contributed by atoms with Gasteiger partial charge in [0.1, 0.15) is 0 Å². The van der Waals surface area contributed by atoms with Crippen molar-refractivity contribution in [1.29, 1.82) is 0 Å². The predicted octanol–water partition coefficient (Wildman–Crippen LogP) is 3.14. The van der Waals surface area contributed by atoms with Crippen LogP contribution in [0.15, 0.2) is 17.5 Å². The molecule has 2 aromatic heterocycles. The molecule has 0 aliphatic carbocycles. The van der Waals surface area contributed by atoms with Crippen LogP contribution in [-0.4, -0.2) is 23.4 Å². The zero-order valence-electron chi connectivity index (χ0n) is 11.1. The van der Waals surface area contributed by atoms with Crippen molar-refractivity contribution in [2.45, 2.75) is 20.8 Å². The number of nitrogens with zero attached hydrogens (tertiary/aromatic N) is 1. The molecular weight excluding hydrogens is 262 g/mol. The van der Waals surface area contributed by atoms with Gasteiger partial charge in [0.25, 0.3) is 0 Å². The Morgan fingerprint density at radius 2 is 2.16 bits per heavy atom. The molecule has 2 rings (SSSR count). The van der Waals surface area contributed by atoms with Gasteiger partial charge in [-0.2, -0.15) is 0 Å². The fraction of sp³-hybridized carbons (Fsp3) is 0.286. The molecule has 0 aliphatic heterocycles. The van der Waals surface area contributed by atoms with Gasteiger partial charge in [0.15, 0.2) is 6.29 Å². The average Bonchev–Trinajstić information content (AvgIpc) is 2.96. The van der Waals surface area contributed by atoms with Crippen LogP contribution in [0.1, 0.15) is 39.0 Å². The number of ether oxygens (including phenoxy) is 1. The lowest BCUT2D eigenvalue weighted by molar-refractivity contribution is 0.0523. The number of hydrogen-bond acceptors (Lipinski definition) is 4. The van der Waals surface area contributed by atoms with Crippen molar-refractivity contribution in [3.8, 4) is 5.00 Å². The van der Waals surface area contributed by atoms with Crippen LogP contribution in [0.5, 0.6) is 0 Å². The number of carbonyl (C=O) groups is 2. The zero-order chi connectivity index (χ0) is 14.0. The maximum absolute atomic E-state index is 12.0. The summed E-state index contributed by atoms with van der Waals surface area (Å²) >= 11 is 1.56. The number of hydrogen-bond donors (Lipinski definition) is 0. The quantitative estimate of drug-likeness (QED) is 0.637. The van der Waals surface area contributed by atoms with Crippen LogP contribution >= 0.6 is 11.3 Å². The molecule has 0 unspecified atom stereocenters. The summed E-state index contributed by atoms with van der Waals surface area (Å²) in [6.07, 6.45) is 0.721. The second-order valence-electron chi connectivity index (χ2n) is 4.08. The Bertz CT molecular complexity index is 611. The summed E-state index contributed by atoms with van der Waals surface area (Å²) in [6.45, 7) is 5.70. The lowest BCUT2D eigenvalue weighted by atomic mass is 10.1. The SMILES string of the molecule is CCOC(=O)c1c(C=O)c(C)n(-c2cccs2)c1C. The molecule has 0 saturated heterocycles. The molecule has 0 atom stereocenters. The second kappa shape index (κ2) is 5.40. The highest BCUT2D eigenvalue weighted by molar-refractivity contribution is 7.12. The monoisotopic (exact) mass is 277 g/mol. The molecular formula is C14H15NO3S. The Morgan fingerprint density at radius 1 is 1.42 bits per heavy atom. The van der Waals surface area contributed by atoms with Crippen molar-refractivity contribution in [3.63, 3.8) is 0 Å². The van der Waals surface area contributed by atoms with Crippen LogP contribution < -0.4 is 0 Å². The Hall–Kier alpha value is -1.88. The first kappa shape index (κ1) is 13.5. The first-order valence-corrected chi connectivity index (χ1v) is 6.87. The van der Waals surface area contributed by atoms with Gasteiger partial charge < -0.3 is 9.30 Å². The number of rotatable bonds is 4. The summed E-state index contributed by atoms with van der Waals surface area (Å²) in [6, 6.07) is 3.89. The number of aromatic nitrogens is 1. The Labute approximate surface area is 115 Å². The summed E-state index contributed by atoms with van der Waals surface area (Å²) in [5.41, 5.74) is 2.27. The maximum atomic E-state index is 12.0. The first-order valence-electron chi connectivity index (χ1n) is 5.99. The largest absolute Gasteiger partial charge is 0.462 e. The van der Waals surface area contributed by atoms with Crippen LogP contribution in [0.4, 0.5) is 0 Å². The molecule has 0 fully saturated rings. The van der Waals surface area contributed by atoms with E-state index in [1.807, 2.05) is 35.9 Å². The average molecular weight is 277 g/mol. The van der Waals surface area contributed by atoms with E-state index in [4.69, 9.17) is 4.74 Å². The molecule has 0 N–H and O–H groups in total. The Balaban J connectivity index is 2.65. The van der Waals surface area contributed by atoms with Crippen molar-refractivity contribution >= 4 is 23.6 Å². The van der Waals surface area contributed by atoms with E-state index in [0.717, 1.165) is 22.7 Å². The Morgan fingerprint density at radius 3 is 2.68 bits per heavy atom. The van der Waals surface area contributed by atoms with Crippen molar-refractivity contribution in [2.24, 2.45) is 0 Å². The molecule has 0 spiro atoms. The molecule has 0 saturated carbocycles. The van der Waals surface area contributed by atoms with Gasteiger partial charge in [0.2, 0.25) is 0 Å². The number of carbonyl (C=O) groups excluding carboxylic acids is 2. The van der Waals surface area contributed by atoms with Crippen molar-refractivity contribution in [1.82, 2.24) is 4.57 Å². The smallest absolute Gasteiger partial charge is 0.340 e. The van der Waals surface area contributed by atoms with E-state index < -0.39 is 5.97 Å². The topological polar surface area (TPSA) is 48.3 Å². The van der Waals surface area contributed by atoms with E-state index in [2.05, 4.69) is 0 Å². The molecule has 100 valence electrons. The summed E-state index contributed by atoms with van der Waals surface area (Å²) in [5.74, 6) is -0.444. The van der Waals surface area contributed by atoms with E-state index in [9.17, 15) is 9.59 Å². The van der Waals surface area contributed by atoms with Crippen LogP contribution in [0.2, 0.25) is 0 Å². The molecule has 0 bridgehead atoms. The Kier molecular flexibility index (Phi) is 3.85. The van der Waals surface area contributed by atoms with Crippen LogP contribution in [0.25, 0.3) is 5.00 Å². The fourth-order valence-electron chi connectivity index (χ4n) is 2.19. The molecule has 19 heavy (non-hydrogen) atoms. The molecule has 0 amide bonds. The minimum Gasteiger partial charge on any atom is -0.462 e. The van der Waals surface area contributed by atoms with E-state index in [1.54, 1.807) is 18.3 Å². The molecule has 0 radical (unpaired) electrons. The van der Waals surface area contributed by atoms with E-state index in [-0.39, 0.29) is 0 Å². The van der Waals surface area contributed by atoms with Crippen LogP contribution in [0, 0.1) is 13.8 Å². The molecule has 4 nitrogen and oxygen atoms in total. The second-order valence-corrected chi connectivity index (χ2v) is 5.01. The lowest BCUT2D eigenvalue weighted by Gasteiger charge is -2.06. The number of esters is 1. The highest BCUT2D eigenvalue weighted by Crippen LogP contribution is 2.28. The third kappa shape index (κ3) is 2.21. The van der Waals surface area contributed by atoms with Gasteiger partial charge in [-0.05, 0) is 38.3 Å². The van der Waals surface area contributed by atoms with Gasteiger partial charge >= 0.3 is 5.97 Å². The highest BCUT2D eigenvalue weighted by Gasteiger charge is 2.24. The first-order chi connectivity index (χ1) is 9.11. The van der Waals surface area contributed by atoms with Crippen molar-refractivity contribution in [2.75, 3.05) is 6.61 Å². The standard InChI is InChI=1S/C14H15NO3S/c1-4-18-14(17)13-10(3)15(9(2)11(13)8-16)12-6-5-7-19-12/h5-8H,4H2,1-3H3. The third-order valence-electron chi connectivity index (χ3n) is 3.02. The fourth-order valence-corrected chi connectivity index (χ4v) is 3.03. The van der Waals surface area contributed by atoms with Gasteiger partial charge in [0, 0.05) is 11.4 Å². The molecule has 5 heteroatoms. The molecule has 0 aliphatic rings. The minimum atomic E-state index is -0.444. The van der Waals surface area contributed by atoms with Gasteiger partial charge in [-0.25, -0.2) is 4.79 Å². The summed E-state index contributed by atoms with van der Waals surface area (Å²) in [7, 11) is 0. The molecule has 2 aromatic rings. The van der Waals surface area contributed by atoms with Gasteiger partial charge in [0.05, 0.1) is 22.7 Å². The molecule has 2 heterocycles. The normalized spacial score (nSPS) is 10.5. The number of aldehydes is 1.